The van der Waals surface area contributed by atoms with Crippen molar-refractivity contribution in [3.8, 4) is 0 Å². The van der Waals surface area contributed by atoms with Crippen molar-refractivity contribution in [2.75, 3.05) is 6.61 Å². The first kappa shape index (κ1) is 13.8. The fourth-order valence-corrected chi connectivity index (χ4v) is 2.33. The molecular formula is C15H18O4. The Labute approximate surface area is 112 Å². The smallest absolute Gasteiger partial charge is 0.303 e. The quantitative estimate of drug-likeness (QED) is 0.768. The first-order valence-corrected chi connectivity index (χ1v) is 6.36. The zero-order valence-corrected chi connectivity index (χ0v) is 10.6. The van der Waals surface area contributed by atoms with Crippen molar-refractivity contribution in [2.24, 2.45) is 11.8 Å². The van der Waals surface area contributed by atoms with Gasteiger partial charge in [-0.1, -0.05) is 42.5 Å². The highest BCUT2D eigenvalue weighted by atomic mass is 16.5. The molecule has 1 aromatic rings. The van der Waals surface area contributed by atoms with Gasteiger partial charge in [-0.15, -0.1) is 0 Å². The van der Waals surface area contributed by atoms with Crippen LogP contribution in [0.2, 0.25) is 0 Å². The van der Waals surface area contributed by atoms with Crippen LogP contribution in [0.4, 0.5) is 0 Å². The maximum absolute atomic E-state index is 10.7. The molecule has 0 amide bonds. The monoisotopic (exact) mass is 262 g/mol. The summed E-state index contributed by atoms with van der Waals surface area (Å²) in [5.74, 6) is -1.17. The summed E-state index contributed by atoms with van der Waals surface area (Å²) in [4.78, 5) is 10.7. The summed E-state index contributed by atoms with van der Waals surface area (Å²) in [7, 11) is 0. The molecule has 1 aromatic carbocycles. The summed E-state index contributed by atoms with van der Waals surface area (Å²) in [6, 6.07) is 9.77. The molecule has 2 rings (SSSR count). The van der Waals surface area contributed by atoms with E-state index in [1.165, 1.54) is 0 Å². The van der Waals surface area contributed by atoms with Crippen LogP contribution in [0.3, 0.4) is 0 Å². The standard InChI is InChI=1S/C15H18O4/c16-14-7-6-12(8-15(17)18)13(14)10-19-9-11-4-2-1-3-5-11/h1-7,12-14,16H,8-10H2,(H,17,18)/t12-,13-,14-/m0/s1. The van der Waals surface area contributed by atoms with Gasteiger partial charge in [-0.3, -0.25) is 4.79 Å². The number of aliphatic carboxylic acids is 1. The number of allylic oxidation sites excluding steroid dienone is 1. The van der Waals surface area contributed by atoms with E-state index >= 15 is 0 Å². The number of carbonyl (C=O) groups is 1. The van der Waals surface area contributed by atoms with Crippen LogP contribution in [-0.2, 0) is 16.1 Å². The second-order valence-electron chi connectivity index (χ2n) is 4.80. The van der Waals surface area contributed by atoms with E-state index in [1.54, 1.807) is 12.2 Å². The topological polar surface area (TPSA) is 66.8 Å². The predicted molar refractivity (Wildman–Crippen MR) is 70.5 cm³/mol. The van der Waals surface area contributed by atoms with Gasteiger partial charge in [-0.25, -0.2) is 0 Å². The molecule has 0 aromatic heterocycles. The lowest BCUT2D eigenvalue weighted by molar-refractivity contribution is -0.138. The summed E-state index contributed by atoms with van der Waals surface area (Å²) in [5, 5.41) is 18.6. The van der Waals surface area contributed by atoms with E-state index in [4.69, 9.17) is 9.84 Å². The van der Waals surface area contributed by atoms with Crippen LogP contribution in [-0.4, -0.2) is 28.9 Å². The van der Waals surface area contributed by atoms with Crippen molar-refractivity contribution in [2.45, 2.75) is 19.1 Å². The fourth-order valence-electron chi connectivity index (χ4n) is 2.33. The van der Waals surface area contributed by atoms with Crippen molar-refractivity contribution in [1.82, 2.24) is 0 Å². The maximum Gasteiger partial charge on any atom is 0.303 e. The third-order valence-electron chi connectivity index (χ3n) is 3.38. The molecule has 0 saturated heterocycles. The second-order valence-corrected chi connectivity index (χ2v) is 4.80. The number of aliphatic hydroxyl groups is 1. The lowest BCUT2D eigenvalue weighted by Gasteiger charge is -2.21. The molecule has 0 heterocycles. The molecule has 2 N–H and O–H groups in total. The van der Waals surface area contributed by atoms with Crippen molar-refractivity contribution in [3.05, 3.63) is 48.0 Å². The molecule has 4 heteroatoms. The zero-order chi connectivity index (χ0) is 13.7. The van der Waals surface area contributed by atoms with E-state index in [0.717, 1.165) is 5.56 Å². The molecule has 3 atom stereocenters. The highest BCUT2D eigenvalue weighted by molar-refractivity contribution is 5.67. The Hall–Kier alpha value is -1.65. The van der Waals surface area contributed by atoms with E-state index in [9.17, 15) is 9.90 Å². The molecule has 0 spiro atoms. The van der Waals surface area contributed by atoms with Crippen molar-refractivity contribution < 1.29 is 19.7 Å². The van der Waals surface area contributed by atoms with Crippen LogP contribution in [0.5, 0.6) is 0 Å². The number of hydrogen-bond donors (Lipinski definition) is 2. The number of ether oxygens (including phenoxy) is 1. The number of rotatable bonds is 6. The number of aliphatic hydroxyl groups excluding tert-OH is 1. The van der Waals surface area contributed by atoms with Crippen LogP contribution < -0.4 is 0 Å². The molecule has 0 bridgehead atoms. The summed E-state index contributed by atoms with van der Waals surface area (Å²) < 4.78 is 5.59. The first-order valence-electron chi connectivity index (χ1n) is 6.36. The number of hydrogen-bond acceptors (Lipinski definition) is 3. The van der Waals surface area contributed by atoms with Gasteiger partial charge in [0, 0.05) is 5.92 Å². The van der Waals surface area contributed by atoms with Crippen molar-refractivity contribution in [1.29, 1.82) is 0 Å². The summed E-state index contributed by atoms with van der Waals surface area (Å²) in [6.07, 6.45) is 2.85. The van der Waals surface area contributed by atoms with Gasteiger partial charge in [-0.05, 0) is 11.5 Å². The molecule has 0 aliphatic heterocycles. The minimum atomic E-state index is -0.850. The largest absolute Gasteiger partial charge is 0.481 e. The average molecular weight is 262 g/mol. The van der Waals surface area contributed by atoms with Gasteiger partial charge in [0.05, 0.1) is 25.7 Å². The highest BCUT2D eigenvalue weighted by Crippen LogP contribution is 2.29. The Morgan fingerprint density at radius 2 is 1.95 bits per heavy atom. The molecule has 0 fully saturated rings. The molecule has 1 aliphatic carbocycles. The molecule has 0 radical (unpaired) electrons. The first-order chi connectivity index (χ1) is 9.16. The van der Waals surface area contributed by atoms with Crippen LogP contribution in [0, 0.1) is 11.8 Å². The van der Waals surface area contributed by atoms with E-state index < -0.39 is 12.1 Å². The minimum Gasteiger partial charge on any atom is -0.481 e. The van der Waals surface area contributed by atoms with Crippen LogP contribution in [0.25, 0.3) is 0 Å². The van der Waals surface area contributed by atoms with Crippen LogP contribution in [0.1, 0.15) is 12.0 Å². The molecule has 102 valence electrons. The van der Waals surface area contributed by atoms with Crippen LogP contribution >= 0.6 is 0 Å². The average Bonchev–Trinajstić information content (AvgIpc) is 2.72. The Balaban J connectivity index is 1.82. The predicted octanol–water partition coefficient (Wildman–Crippen LogP) is 1.84. The van der Waals surface area contributed by atoms with Gasteiger partial charge in [0.2, 0.25) is 0 Å². The second kappa shape index (κ2) is 6.50. The van der Waals surface area contributed by atoms with Crippen LogP contribution in [0.15, 0.2) is 42.5 Å². The summed E-state index contributed by atoms with van der Waals surface area (Å²) in [6.45, 7) is 0.838. The van der Waals surface area contributed by atoms with E-state index in [2.05, 4.69) is 0 Å². The van der Waals surface area contributed by atoms with E-state index in [1.807, 2.05) is 30.3 Å². The Bertz CT molecular complexity index is 441. The molecular weight excluding hydrogens is 244 g/mol. The van der Waals surface area contributed by atoms with Gasteiger partial charge < -0.3 is 14.9 Å². The molecule has 19 heavy (non-hydrogen) atoms. The zero-order valence-electron chi connectivity index (χ0n) is 10.6. The number of benzene rings is 1. The summed E-state index contributed by atoms with van der Waals surface area (Å²) >= 11 is 0. The van der Waals surface area contributed by atoms with E-state index in [-0.39, 0.29) is 18.3 Å². The van der Waals surface area contributed by atoms with Gasteiger partial charge in [0.1, 0.15) is 0 Å². The normalized spacial score (nSPS) is 25.6. The van der Waals surface area contributed by atoms with Gasteiger partial charge in [0.25, 0.3) is 0 Å². The lowest BCUT2D eigenvalue weighted by atomic mass is 9.92. The highest BCUT2D eigenvalue weighted by Gasteiger charge is 2.31. The van der Waals surface area contributed by atoms with E-state index in [0.29, 0.717) is 13.2 Å². The van der Waals surface area contributed by atoms with Gasteiger partial charge in [0.15, 0.2) is 0 Å². The number of carboxylic acid groups (broad SMARTS) is 1. The molecule has 0 saturated carbocycles. The van der Waals surface area contributed by atoms with Gasteiger partial charge in [-0.2, -0.15) is 0 Å². The molecule has 4 nitrogen and oxygen atoms in total. The van der Waals surface area contributed by atoms with Gasteiger partial charge >= 0.3 is 5.97 Å². The lowest BCUT2D eigenvalue weighted by Crippen LogP contribution is -2.26. The van der Waals surface area contributed by atoms with Crippen molar-refractivity contribution in [3.63, 3.8) is 0 Å². The Morgan fingerprint density at radius 1 is 1.21 bits per heavy atom. The Morgan fingerprint density at radius 3 is 2.63 bits per heavy atom. The van der Waals surface area contributed by atoms with Crippen molar-refractivity contribution >= 4 is 5.97 Å². The Kier molecular flexibility index (Phi) is 4.71. The number of carboxylic acids is 1. The fraction of sp³-hybridized carbons (Fsp3) is 0.400. The third kappa shape index (κ3) is 3.91. The third-order valence-corrected chi connectivity index (χ3v) is 3.38. The minimum absolute atomic E-state index is 0.0346. The summed E-state index contributed by atoms with van der Waals surface area (Å²) in [5.41, 5.74) is 1.07. The molecule has 1 aliphatic rings. The SMILES string of the molecule is O=C(O)C[C@@H]1C=C[C@H](O)[C@H]1COCc1ccccc1. The molecule has 0 unspecified atom stereocenters. The maximum atomic E-state index is 10.7.